The molecule has 1 aliphatic rings. The van der Waals surface area contributed by atoms with Crippen molar-refractivity contribution in [2.45, 2.75) is 17.7 Å². The number of rotatable bonds is 4. The zero-order chi connectivity index (χ0) is 11.8. The van der Waals surface area contributed by atoms with Gasteiger partial charge in [0.15, 0.2) is 9.84 Å². The van der Waals surface area contributed by atoms with Crippen molar-refractivity contribution in [3.8, 4) is 0 Å². The zero-order valence-electron chi connectivity index (χ0n) is 9.03. The van der Waals surface area contributed by atoms with Crippen molar-refractivity contribution in [2.75, 3.05) is 18.1 Å². The summed E-state index contributed by atoms with van der Waals surface area (Å²) in [4.78, 5) is 0.301. The van der Waals surface area contributed by atoms with Gasteiger partial charge in [0.2, 0.25) is 0 Å². The molecular weight excluding hydrogens is 246 g/mol. The van der Waals surface area contributed by atoms with Gasteiger partial charge in [-0.05, 0) is 37.0 Å². The molecule has 1 fully saturated rings. The van der Waals surface area contributed by atoms with Gasteiger partial charge < -0.3 is 5.32 Å². The lowest BCUT2D eigenvalue weighted by atomic mass is 10.3. The Bertz CT molecular complexity index is 495. The second kappa shape index (κ2) is 4.26. The summed E-state index contributed by atoms with van der Waals surface area (Å²) in [6.07, 6.45) is 3.69. The normalized spacial score (nSPS) is 16.1. The molecule has 3 nitrogen and oxygen atoms in total. The molecule has 0 heterocycles. The van der Waals surface area contributed by atoms with Crippen LogP contribution in [0.1, 0.15) is 12.8 Å². The van der Waals surface area contributed by atoms with E-state index in [1.807, 2.05) is 0 Å². The van der Waals surface area contributed by atoms with Gasteiger partial charge in [-0.15, -0.1) is 0 Å². The van der Waals surface area contributed by atoms with E-state index in [2.05, 4.69) is 5.32 Å². The van der Waals surface area contributed by atoms with Gasteiger partial charge in [0.1, 0.15) is 0 Å². The van der Waals surface area contributed by atoms with Gasteiger partial charge in [-0.25, -0.2) is 8.42 Å². The van der Waals surface area contributed by atoms with Crippen LogP contribution in [-0.2, 0) is 9.84 Å². The molecule has 0 unspecified atom stereocenters. The Morgan fingerprint density at radius 2 is 2.12 bits per heavy atom. The monoisotopic (exact) mass is 259 g/mol. The largest absolute Gasteiger partial charge is 0.384 e. The maximum Gasteiger partial charge on any atom is 0.175 e. The van der Waals surface area contributed by atoms with Crippen LogP contribution in [-0.4, -0.2) is 21.2 Å². The van der Waals surface area contributed by atoms with Crippen molar-refractivity contribution < 1.29 is 8.42 Å². The molecule has 0 amide bonds. The van der Waals surface area contributed by atoms with Crippen LogP contribution >= 0.6 is 11.6 Å². The van der Waals surface area contributed by atoms with Gasteiger partial charge >= 0.3 is 0 Å². The molecule has 1 aromatic rings. The Balaban J connectivity index is 2.21. The van der Waals surface area contributed by atoms with Crippen molar-refractivity contribution in [3.63, 3.8) is 0 Å². The van der Waals surface area contributed by atoms with Gasteiger partial charge in [0.25, 0.3) is 0 Å². The Labute approximate surface area is 101 Å². The number of halogens is 1. The van der Waals surface area contributed by atoms with E-state index in [0.717, 1.165) is 12.5 Å². The van der Waals surface area contributed by atoms with Crippen LogP contribution in [0, 0.1) is 5.92 Å². The first-order valence-corrected chi connectivity index (χ1v) is 7.47. The molecule has 2 rings (SSSR count). The number of nitrogens with one attached hydrogen (secondary N) is 1. The third-order valence-electron chi connectivity index (χ3n) is 2.64. The third-order valence-corrected chi connectivity index (χ3v) is 4.08. The molecule has 0 atom stereocenters. The zero-order valence-corrected chi connectivity index (χ0v) is 10.6. The van der Waals surface area contributed by atoms with E-state index in [4.69, 9.17) is 11.6 Å². The van der Waals surface area contributed by atoms with Gasteiger partial charge in [-0.2, -0.15) is 0 Å². The number of sulfone groups is 1. The fourth-order valence-electron chi connectivity index (χ4n) is 1.45. The molecule has 1 N–H and O–H groups in total. The minimum absolute atomic E-state index is 0.301. The molecule has 0 saturated heterocycles. The predicted molar refractivity (Wildman–Crippen MR) is 65.8 cm³/mol. The third kappa shape index (κ3) is 2.89. The van der Waals surface area contributed by atoms with Gasteiger partial charge in [0.05, 0.1) is 15.6 Å². The minimum Gasteiger partial charge on any atom is -0.384 e. The Kier molecular flexibility index (Phi) is 3.13. The Morgan fingerprint density at radius 3 is 2.69 bits per heavy atom. The summed E-state index contributed by atoms with van der Waals surface area (Å²) in [6.45, 7) is 0.868. The smallest absolute Gasteiger partial charge is 0.175 e. The standard InChI is InChI=1S/C11H14ClNO2S/c1-16(14,15)9-4-5-10(12)11(6-9)13-7-8-2-3-8/h4-6,8,13H,2-3,7H2,1H3. The predicted octanol–water partition coefficient (Wildman–Crippen LogP) is 2.57. The summed E-state index contributed by atoms with van der Waals surface area (Å²) in [5.74, 6) is 0.720. The molecule has 1 aromatic carbocycles. The summed E-state index contributed by atoms with van der Waals surface area (Å²) < 4.78 is 22.8. The summed E-state index contributed by atoms with van der Waals surface area (Å²) in [7, 11) is -3.16. The quantitative estimate of drug-likeness (QED) is 0.904. The maximum atomic E-state index is 11.4. The van der Waals surface area contributed by atoms with Gasteiger partial charge in [-0.3, -0.25) is 0 Å². The highest BCUT2D eigenvalue weighted by atomic mass is 35.5. The average Bonchev–Trinajstić information content (AvgIpc) is 2.98. The van der Waals surface area contributed by atoms with E-state index < -0.39 is 9.84 Å². The van der Waals surface area contributed by atoms with Crippen LogP contribution in [0.2, 0.25) is 5.02 Å². The van der Waals surface area contributed by atoms with E-state index in [9.17, 15) is 8.42 Å². The molecule has 0 radical (unpaired) electrons. The topological polar surface area (TPSA) is 46.2 Å². The molecule has 16 heavy (non-hydrogen) atoms. The summed E-state index contributed by atoms with van der Waals surface area (Å²) in [5.41, 5.74) is 0.705. The van der Waals surface area contributed by atoms with Crippen molar-refractivity contribution in [1.82, 2.24) is 0 Å². The van der Waals surface area contributed by atoms with Gasteiger partial charge in [0, 0.05) is 12.8 Å². The summed E-state index contributed by atoms with van der Waals surface area (Å²) in [5, 5.41) is 3.75. The summed E-state index contributed by atoms with van der Waals surface area (Å²) >= 11 is 5.99. The highest BCUT2D eigenvalue weighted by molar-refractivity contribution is 7.90. The van der Waals surface area contributed by atoms with E-state index in [1.54, 1.807) is 12.1 Å². The lowest BCUT2D eigenvalue weighted by molar-refractivity contribution is 0.602. The highest BCUT2D eigenvalue weighted by Crippen LogP contribution is 2.31. The number of anilines is 1. The average molecular weight is 260 g/mol. The SMILES string of the molecule is CS(=O)(=O)c1ccc(Cl)c(NCC2CC2)c1. The van der Waals surface area contributed by atoms with E-state index in [1.165, 1.54) is 25.2 Å². The van der Waals surface area contributed by atoms with Crippen LogP contribution < -0.4 is 5.32 Å². The molecule has 88 valence electrons. The second-order valence-corrected chi connectivity index (χ2v) is 6.66. The van der Waals surface area contributed by atoms with Crippen molar-refractivity contribution in [3.05, 3.63) is 23.2 Å². The maximum absolute atomic E-state index is 11.4. The number of hydrogen-bond donors (Lipinski definition) is 1. The van der Waals surface area contributed by atoms with Crippen LogP contribution in [0.4, 0.5) is 5.69 Å². The minimum atomic E-state index is -3.16. The molecule has 5 heteroatoms. The lowest BCUT2D eigenvalue weighted by Crippen LogP contribution is -2.05. The van der Waals surface area contributed by atoms with Crippen molar-refractivity contribution >= 4 is 27.1 Å². The number of benzene rings is 1. The van der Waals surface area contributed by atoms with Crippen molar-refractivity contribution in [2.24, 2.45) is 5.92 Å². The van der Waals surface area contributed by atoms with Crippen LogP contribution in [0.25, 0.3) is 0 Å². The molecule has 1 aliphatic carbocycles. The highest BCUT2D eigenvalue weighted by Gasteiger charge is 2.21. The fraction of sp³-hybridized carbons (Fsp3) is 0.455. The van der Waals surface area contributed by atoms with E-state index >= 15 is 0 Å². The lowest BCUT2D eigenvalue weighted by Gasteiger charge is -2.09. The van der Waals surface area contributed by atoms with E-state index in [0.29, 0.717) is 15.6 Å². The Morgan fingerprint density at radius 1 is 1.44 bits per heavy atom. The first-order valence-electron chi connectivity index (χ1n) is 5.20. The van der Waals surface area contributed by atoms with Crippen LogP contribution in [0.3, 0.4) is 0 Å². The number of hydrogen-bond acceptors (Lipinski definition) is 3. The van der Waals surface area contributed by atoms with Crippen molar-refractivity contribution in [1.29, 1.82) is 0 Å². The molecule has 0 aliphatic heterocycles. The first kappa shape index (κ1) is 11.7. The molecule has 1 saturated carbocycles. The fourth-order valence-corrected chi connectivity index (χ4v) is 2.28. The Hall–Kier alpha value is -0.740. The van der Waals surface area contributed by atoms with Crippen LogP contribution in [0.15, 0.2) is 23.1 Å². The molecule has 0 aromatic heterocycles. The second-order valence-electron chi connectivity index (χ2n) is 4.24. The summed E-state index contributed by atoms with van der Waals surface area (Å²) in [6, 6.07) is 4.74. The molecule has 0 bridgehead atoms. The van der Waals surface area contributed by atoms with Gasteiger partial charge in [-0.1, -0.05) is 11.6 Å². The van der Waals surface area contributed by atoms with E-state index in [-0.39, 0.29) is 0 Å². The molecular formula is C11H14ClNO2S. The molecule has 0 spiro atoms. The first-order chi connectivity index (χ1) is 7.47. The van der Waals surface area contributed by atoms with Crippen LogP contribution in [0.5, 0.6) is 0 Å².